The molecule has 1 amide bonds. The minimum absolute atomic E-state index is 0.0192. The highest BCUT2D eigenvalue weighted by Crippen LogP contribution is 2.31. The van der Waals surface area contributed by atoms with Gasteiger partial charge < -0.3 is 19.9 Å². The van der Waals surface area contributed by atoms with Crippen LogP contribution in [0.5, 0.6) is 11.6 Å². The normalized spacial score (nSPS) is 14.8. The van der Waals surface area contributed by atoms with Gasteiger partial charge in [0.2, 0.25) is 5.88 Å². The van der Waals surface area contributed by atoms with Gasteiger partial charge in [0.15, 0.2) is 0 Å². The molecular weight excluding hydrogens is 367 g/mol. The molecule has 0 fully saturated rings. The molecule has 0 spiro atoms. The van der Waals surface area contributed by atoms with Crippen molar-refractivity contribution < 1.29 is 32.5 Å². The predicted octanol–water partition coefficient (Wildman–Crippen LogP) is 1.85. The molecule has 27 heavy (non-hydrogen) atoms. The quantitative estimate of drug-likeness (QED) is 0.793. The zero-order chi connectivity index (χ0) is 19.4. The Morgan fingerprint density at radius 1 is 1.44 bits per heavy atom. The van der Waals surface area contributed by atoms with Crippen molar-refractivity contribution in [2.45, 2.75) is 25.2 Å². The molecule has 0 radical (unpaired) electrons. The Morgan fingerprint density at radius 2 is 2.26 bits per heavy atom. The molecular formula is C17H18F3N3O4. The van der Waals surface area contributed by atoms with Crippen LogP contribution in [-0.4, -0.2) is 46.7 Å². The molecule has 3 rings (SSSR count). The maximum Gasteiger partial charge on any atom is 0.416 e. The number of ether oxygens (including phenoxy) is 2. The van der Waals surface area contributed by atoms with E-state index in [1.165, 1.54) is 18.3 Å². The van der Waals surface area contributed by atoms with Crippen LogP contribution >= 0.6 is 0 Å². The maximum absolute atomic E-state index is 12.7. The van der Waals surface area contributed by atoms with E-state index >= 15 is 0 Å². The number of aliphatic hydroxyl groups is 1. The smallest absolute Gasteiger partial charge is 0.416 e. The highest BCUT2D eigenvalue weighted by Gasteiger charge is 2.30. The largest absolute Gasteiger partial charge is 0.491 e. The summed E-state index contributed by atoms with van der Waals surface area (Å²) in [4.78, 5) is 12.2. The van der Waals surface area contributed by atoms with Gasteiger partial charge in [0.05, 0.1) is 18.4 Å². The van der Waals surface area contributed by atoms with Crippen LogP contribution in [0.2, 0.25) is 0 Å². The molecule has 0 saturated carbocycles. The van der Waals surface area contributed by atoms with Crippen molar-refractivity contribution in [2.24, 2.45) is 0 Å². The Morgan fingerprint density at radius 3 is 3.04 bits per heavy atom. The highest BCUT2D eigenvalue weighted by atomic mass is 19.4. The summed E-state index contributed by atoms with van der Waals surface area (Å²) in [6.07, 6.45) is -3.38. The molecule has 146 valence electrons. The predicted molar refractivity (Wildman–Crippen MR) is 87.6 cm³/mol. The number of aliphatic hydroxyl groups excluding tert-OH is 1. The first-order valence-corrected chi connectivity index (χ1v) is 8.29. The molecule has 1 aromatic heterocycles. The van der Waals surface area contributed by atoms with Gasteiger partial charge in [0, 0.05) is 19.5 Å². The van der Waals surface area contributed by atoms with E-state index in [-0.39, 0.29) is 24.5 Å². The number of carbonyl (C=O) groups excluding carboxylic acids is 1. The number of aryl methyl sites for hydroxylation is 1. The number of rotatable bonds is 6. The fraction of sp³-hybridized carbons (Fsp3) is 0.412. The van der Waals surface area contributed by atoms with Crippen molar-refractivity contribution in [3.05, 3.63) is 41.6 Å². The summed E-state index contributed by atoms with van der Waals surface area (Å²) in [6.45, 7) is 0.752. The number of hydrogen-bond acceptors (Lipinski definition) is 5. The van der Waals surface area contributed by atoms with E-state index in [2.05, 4.69) is 10.4 Å². The van der Waals surface area contributed by atoms with E-state index in [1.807, 2.05) is 0 Å². The Balaban J connectivity index is 1.49. The van der Waals surface area contributed by atoms with Gasteiger partial charge in [0.25, 0.3) is 5.91 Å². The number of nitrogens with one attached hydrogen (secondary N) is 1. The summed E-state index contributed by atoms with van der Waals surface area (Å²) in [5, 5.41) is 16.5. The minimum Gasteiger partial charge on any atom is -0.491 e. The monoisotopic (exact) mass is 385 g/mol. The van der Waals surface area contributed by atoms with Gasteiger partial charge in [-0.25, -0.2) is 4.68 Å². The molecule has 7 nitrogen and oxygen atoms in total. The fourth-order valence-corrected chi connectivity index (χ4v) is 2.54. The Labute approximate surface area is 152 Å². The summed E-state index contributed by atoms with van der Waals surface area (Å²) < 4.78 is 50.2. The summed E-state index contributed by atoms with van der Waals surface area (Å²) in [5.41, 5.74) is -0.575. The molecule has 1 aliphatic rings. The molecule has 1 unspecified atom stereocenters. The average molecular weight is 385 g/mol. The lowest BCUT2D eigenvalue weighted by Gasteiger charge is -2.17. The SMILES string of the molecule is O=C(NCC(O)COc1cccc(C(F)(F)F)c1)c1cnn2c1OCCC2. The second-order valence-electron chi connectivity index (χ2n) is 5.99. The second kappa shape index (κ2) is 7.87. The number of amides is 1. The summed E-state index contributed by atoms with van der Waals surface area (Å²) in [6, 6.07) is 4.35. The zero-order valence-electron chi connectivity index (χ0n) is 14.2. The third kappa shape index (κ3) is 4.70. The number of halogens is 3. The molecule has 2 N–H and O–H groups in total. The van der Waals surface area contributed by atoms with Crippen molar-refractivity contribution in [1.29, 1.82) is 0 Å². The van der Waals surface area contributed by atoms with Crippen LogP contribution in [-0.2, 0) is 12.7 Å². The van der Waals surface area contributed by atoms with Crippen LogP contribution < -0.4 is 14.8 Å². The molecule has 1 aliphatic heterocycles. The van der Waals surface area contributed by atoms with E-state index in [4.69, 9.17) is 9.47 Å². The molecule has 2 aromatic rings. The number of alkyl halides is 3. The molecule has 0 saturated heterocycles. The van der Waals surface area contributed by atoms with Gasteiger partial charge in [-0.3, -0.25) is 4.79 Å². The number of carbonyl (C=O) groups is 1. The van der Waals surface area contributed by atoms with E-state index < -0.39 is 23.8 Å². The van der Waals surface area contributed by atoms with Gasteiger partial charge in [-0.2, -0.15) is 18.3 Å². The highest BCUT2D eigenvalue weighted by molar-refractivity contribution is 5.96. The minimum atomic E-state index is -4.47. The van der Waals surface area contributed by atoms with Crippen molar-refractivity contribution in [3.8, 4) is 11.6 Å². The number of nitrogens with zero attached hydrogens (tertiary/aromatic N) is 2. The van der Waals surface area contributed by atoms with Crippen LogP contribution in [0.25, 0.3) is 0 Å². The molecule has 1 aromatic carbocycles. The first-order chi connectivity index (χ1) is 12.8. The first-order valence-electron chi connectivity index (χ1n) is 8.29. The van der Waals surface area contributed by atoms with Crippen LogP contribution in [0, 0.1) is 0 Å². The number of benzene rings is 1. The van der Waals surface area contributed by atoms with Crippen molar-refractivity contribution in [3.63, 3.8) is 0 Å². The molecule has 2 heterocycles. The van der Waals surface area contributed by atoms with Gasteiger partial charge in [0.1, 0.15) is 24.0 Å². The first kappa shape index (κ1) is 19.0. The molecule has 10 heteroatoms. The van der Waals surface area contributed by atoms with E-state index in [1.54, 1.807) is 4.68 Å². The topological polar surface area (TPSA) is 85.6 Å². The van der Waals surface area contributed by atoms with E-state index in [0.717, 1.165) is 18.6 Å². The summed E-state index contributed by atoms with van der Waals surface area (Å²) >= 11 is 0. The van der Waals surface area contributed by atoms with Gasteiger partial charge in [-0.05, 0) is 18.2 Å². The number of fused-ring (bicyclic) bond motifs is 1. The van der Waals surface area contributed by atoms with Crippen molar-refractivity contribution in [2.75, 3.05) is 19.8 Å². The lowest BCUT2D eigenvalue weighted by atomic mass is 10.2. The third-order valence-electron chi connectivity index (χ3n) is 3.89. The van der Waals surface area contributed by atoms with Gasteiger partial charge in [-0.1, -0.05) is 6.07 Å². The summed E-state index contributed by atoms with van der Waals surface area (Å²) in [5.74, 6) is -0.0981. The second-order valence-corrected chi connectivity index (χ2v) is 5.99. The zero-order valence-corrected chi connectivity index (χ0v) is 14.2. The lowest BCUT2D eigenvalue weighted by Crippen LogP contribution is -2.35. The average Bonchev–Trinajstić information content (AvgIpc) is 3.08. The Kier molecular flexibility index (Phi) is 5.54. The van der Waals surface area contributed by atoms with Crippen LogP contribution in [0.1, 0.15) is 22.3 Å². The standard InChI is InChI=1S/C17H18F3N3O4/c18-17(19,20)11-3-1-4-13(7-11)27-10-12(24)8-21-15(25)14-9-22-23-5-2-6-26-16(14)23/h1,3-4,7,9,12,24H,2,5-6,8,10H2,(H,21,25). The van der Waals surface area contributed by atoms with Crippen molar-refractivity contribution >= 4 is 5.91 Å². The Hall–Kier alpha value is -2.75. The Bertz CT molecular complexity index is 807. The van der Waals surface area contributed by atoms with Crippen LogP contribution in [0.3, 0.4) is 0 Å². The van der Waals surface area contributed by atoms with Crippen molar-refractivity contribution in [1.82, 2.24) is 15.1 Å². The van der Waals surface area contributed by atoms with E-state index in [9.17, 15) is 23.1 Å². The molecule has 0 aliphatic carbocycles. The lowest BCUT2D eigenvalue weighted by molar-refractivity contribution is -0.137. The maximum atomic E-state index is 12.7. The van der Waals surface area contributed by atoms with Crippen LogP contribution in [0.15, 0.2) is 30.5 Å². The number of aromatic nitrogens is 2. The summed E-state index contributed by atoms with van der Waals surface area (Å²) in [7, 11) is 0. The number of hydrogen-bond donors (Lipinski definition) is 2. The third-order valence-corrected chi connectivity index (χ3v) is 3.89. The van der Waals surface area contributed by atoms with E-state index in [0.29, 0.717) is 19.0 Å². The van der Waals surface area contributed by atoms with Gasteiger partial charge in [-0.15, -0.1) is 0 Å². The van der Waals surface area contributed by atoms with Gasteiger partial charge >= 0.3 is 6.18 Å². The molecule has 0 bridgehead atoms. The van der Waals surface area contributed by atoms with Crippen LogP contribution in [0.4, 0.5) is 13.2 Å². The fourth-order valence-electron chi connectivity index (χ4n) is 2.54. The molecule has 1 atom stereocenters.